The van der Waals surface area contributed by atoms with E-state index in [1.54, 1.807) is 0 Å². The molecule has 0 bridgehead atoms. The summed E-state index contributed by atoms with van der Waals surface area (Å²) >= 11 is 0. The second kappa shape index (κ2) is 14.3. The standard InChI is InChI=1S/C58H39N3/c1-3-16-44(17-4-1)59(47-32-34-48(35-33-47)61-55-24-11-9-21-51(55)52-22-10-12-25-56(52)61)46-30-26-40(27-31-46)42-28-36-57-53(38-42)54-39-43(50-23-13-15-41-14-7-8-20-49(41)50)29-37-58(54)60(57)45-18-5-2-6-19-45/h1-39H. The molecule has 0 fully saturated rings. The van der Waals surface area contributed by atoms with Gasteiger partial charge in [-0.1, -0.05) is 140 Å². The maximum Gasteiger partial charge on any atom is 0.0541 e. The molecule has 2 heterocycles. The van der Waals surface area contributed by atoms with Crippen LogP contribution in [0.1, 0.15) is 0 Å². The van der Waals surface area contributed by atoms with Crippen LogP contribution in [0.4, 0.5) is 17.1 Å². The van der Waals surface area contributed by atoms with Gasteiger partial charge in [0.05, 0.1) is 22.1 Å². The average molecular weight is 778 g/mol. The van der Waals surface area contributed by atoms with Crippen LogP contribution in [-0.2, 0) is 0 Å². The Labute approximate surface area is 354 Å². The van der Waals surface area contributed by atoms with E-state index in [1.807, 2.05) is 0 Å². The van der Waals surface area contributed by atoms with Crippen LogP contribution < -0.4 is 4.90 Å². The maximum atomic E-state index is 2.40. The molecule has 0 atom stereocenters. The minimum Gasteiger partial charge on any atom is -0.311 e. The molecule has 12 rings (SSSR count). The molecular weight excluding hydrogens is 739 g/mol. The molecule has 10 aromatic carbocycles. The number of fused-ring (bicyclic) bond motifs is 7. The van der Waals surface area contributed by atoms with Crippen molar-refractivity contribution in [2.24, 2.45) is 0 Å². The number of hydrogen-bond acceptors (Lipinski definition) is 1. The van der Waals surface area contributed by atoms with E-state index in [9.17, 15) is 0 Å². The van der Waals surface area contributed by atoms with Crippen molar-refractivity contribution in [2.45, 2.75) is 0 Å². The van der Waals surface area contributed by atoms with Gasteiger partial charge in [0.2, 0.25) is 0 Å². The minimum atomic E-state index is 1.10. The normalized spacial score (nSPS) is 11.6. The third kappa shape index (κ3) is 5.82. The first-order chi connectivity index (χ1) is 30.3. The van der Waals surface area contributed by atoms with Gasteiger partial charge in [-0.25, -0.2) is 0 Å². The van der Waals surface area contributed by atoms with Crippen molar-refractivity contribution in [1.82, 2.24) is 9.13 Å². The summed E-state index contributed by atoms with van der Waals surface area (Å²) in [5, 5.41) is 7.51. The molecule has 0 aliphatic carbocycles. The van der Waals surface area contributed by atoms with E-state index in [2.05, 4.69) is 251 Å². The number of hydrogen-bond donors (Lipinski definition) is 0. The summed E-state index contributed by atoms with van der Waals surface area (Å²) in [6.45, 7) is 0. The maximum absolute atomic E-state index is 2.40. The number of rotatable bonds is 7. The van der Waals surface area contributed by atoms with Crippen molar-refractivity contribution in [3.05, 3.63) is 237 Å². The molecule has 0 radical (unpaired) electrons. The molecule has 0 saturated heterocycles. The number of nitrogens with zero attached hydrogens (tertiary/aromatic N) is 3. The molecule has 0 N–H and O–H groups in total. The van der Waals surface area contributed by atoms with Gasteiger partial charge in [0, 0.05) is 50.0 Å². The van der Waals surface area contributed by atoms with Gasteiger partial charge in [0.15, 0.2) is 0 Å². The molecule has 3 heteroatoms. The fourth-order valence-electron chi connectivity index (χ4n) is 9.48. The van der Waals surface area contributed by atoms with Crippen LogP contribution in [0.2, 0.25) is 0 Å². The first-order valence-corrected chi connectivity index (χ1v) is 20.9. The Kier molecular flexibility index (Phi) is 8.17. The molecule has 0 amide bonds. The van der Waals surface area contributed by atoms with Gasteiger partial charge in [-0.05, 0) is 130 Å². The average Bonchev–Trinajstić information content (AvgIpc) is 3.85. The second-order valence-corrected chi connectivity index (χ2v) is 15.8. The van der Waals surface area contributed by atoms with Gasteiger partial charge in [-0.2, -0.15) is 0 Å². The van der Waals surface area contributed by atoms with E-state index < -0.39 is 0 Å². The van der Waals surface area contributed by atoms with E-state index in [0.29, 0.717) is 0 Å². The van der Waals surface area contributed by atoms with Gasteiger partial charge in [0.1, 0.15) is 0 Å². The van der Waals surface area contributed by atoms with Crippen molar-refractivity contribution >= 4 is 71.4 Å². The molecule has 0 aliphatic heterocycles. The first kappa shape index (κ1) is 34.9. The number of anilines is 3. The highest BCUT2D eigenvalue weighted by molar-refractivity contribution is 6.13. The van der Waals surface area contributed by atoms with Crippen molar-refractivity contribution < 1.29 is 0 Å². The lowest BCUT2D eigenvalue weighted by atomic mass is 9.96. The van der Waals surface area contributed by atoms with Crippen molar-refractivity contribution in [3.63, 3.8) is 0 Å². The zero-order valence-corrected chi connectivity index (χ0v) is 33.4. The van der Waals surface area contributed by atoms with Gasteiger partial charge in [-0.15, -0.1) is 0 Å². The summed E-state index contributed by atoms with van der Waals surface area (Å²) in [4.78, 5) is 2.34. The third-order valence-corrected chi connectivity index (χ3v) is 12.3. The minimum absolute atomic E-state index is 1.10. The monoisotopic (exact) mass is 777 g/mol. The Morgan fingerprint density at radius 2 is 0.705 bits per heavy atom. The summed E-state index contributed by atoms with van der Waals surface area (Å²) in [7, 11) is 0. The van der Waals surface area contributed by atoms with Crippen LogP contribution >= 0.6 is 0 Å². The van der Waals surface area contributed by atoms with E-state index in [4.69, 9.17) is 0 Å². The van der Waals surface area contributed by atoms with Crippen LogP contribution in [0.15, 0.2) is 237 Å². The fraction of sp³-hybridized carbons (Fsp3) is 0. The Morgan fingerprint density at radius 3 is 1.36 bits per heavy atom. The zero-order valence-electron chi connectivity index (χ0n) is 33.4. The van der Waals surface area contributed by atoms with Gasteiger partial charge in [0.25, 0.3) is 0 Å². The van der Waals surface area contributed by atoms with Crippen LogP contribution in [0.5, 0.6) is 0 Å². The fourth-order valence-corrected chi connectivity index (χ4v) is 9.48. The molecule has 0 unspecified atom stereocenters. The molecule has 3 nitrogen and oxygen atoms in total. The lowest BCUT2D eigenvalue weighted by Crippen LogP contribution is -2.10. The van der Waals surface area contributed by atoms with Gasteiger partial charge >= 0.3 is 0 Å². The summed E-state index contributed by atoms with van der Waals surface area (Å²) in [5.41, 5.74) is 15.2. The highest BCUT2D eigenvalue weighted by Gasteiger charge is 2.18. The Bertz CT molecular complexity index is 3500. The van der Waals surface area contributed by atoms with Gasteiger partial charge in [-0.3, -0.25) is 0 Å². The molecule has 2 aromatic heterocycles. The lowest BCUT2D eigenvalue weighted by Gasteiger charge is -2.26. The number of aromatic nitrogens is 2. The SMILES string of the molecule is c1ccc(N(c2ccc(-c3ccc4c(c3)c3cc(-c5cccc6ccccc56)ccc3n4-c3ccccc3)cc2)c2ccc(-n3c4ccccc4c4ccccc43)cc2)cc1. The van der Waals surface area contributed by atoms with Crippen LogP contribution in [0.25, 0.3) is 88.0 Å². The molecule has 0 aliphatic rings. The summed E-state index contributed by atoms with van der Waals surface area (Å²) in [5.74, 6) is 0. The van der Waals surface area contributed by atoms with E-state index in [0.717, 1.165) is 28.4 Å². The third-order valence-electron chi connectivity index (χ3n) is 12.3. The summed E-state index contributed by atoms with van der Waals surface area (Å²) in [6.07, 6.45) is 0. The molecule has 0 spiro atoms. The molecule has 0 saturated carbocycles. The van der Waals surface area contributed by atoms with Crippen LogP contribution in [0.3, 0.4) is 0 Å². The van der Waals surface area contributed by atoms with Crippen LogP contribution in [-0.4, -0.2) is 9.13 Å². The second-order valence-electron chi connectivity index (χ2n) is 15.8. The van der Waals surface area contributed by atoms with E-state index >= 15 is 0 Å². The number of benzene rings is 10. The molecule has 61 heavy (non-hydrogen) atoms. The predicted octanol–water partition coefficient (Wildman–Crippen LogP) is 15.8. The van der Waals surface area contributed by atoms with Crippen LogP contribution in [0, 0.1) is 0 Å². The van der Waals surface area contributed by atoms with Crippen molar-refractivity contribution in [1.29, 1.82) is 0 Å². The number of para-hydroxylation sites is 4. The largest absolute Gasteiger partial charge is 0.311 e. The Morgan fingerprint density at radius 1 is 0.262 bits per heavy atom. The van der Waals surface area contributed by atoms with Gasteiger partial charge < -0.3 is 14.0 Å². The highest BCUT2D eigenvalue weighted by atomic mass is 15.1. The zero-order chi connectivity index (χ0) is 40.3. The predicted molar refractivity (Wildman–Crippen MR) is 258 cm³/mol. The van der Waals surface area contributed by atoms with E-state index in [1.165, 1.54) is 76.6 Å². The Hall–Kier alpha value is -8.14. The van der Waals surface area contributed by atoms with Crippen molar-refractivity contribution in [3.8, 4) is 33.6 Å². The smallest absolute Gasteiger partial charge is 0.0541 e. The molecular formula is C58H39N3. The topological polar surface area (TPSA) is 13.1 Å². The quantitative estimate of drug-likeness (QED) is 0.157. The Balaban J connectivity index is 0.947. The lowest BCUT2D eigenvalue weighted by molar-refractivity contribution is 1.17. The summed E-state index contributed by atoms with van der Waals surface area (Å²) in [6, 6.07) is 85.8. The first-order valence-electron chi connectivity index (χ1n) is 20.9. The molecule has 286 valence electrons. The molecule has 12 aromatic rings. The van der Waals surface area contributed by atoms with Crippen molar-refractivity contribution in [2.75, 3.05) is 4.90 Å². The summed E-state index contributed by atoms with van der Waals surface area (Å²) < 4.78 is 4.77. The highest BCUT2D eigenvalue weighted by Crippen LogP contribution is 2.41. The van der Waals surface area contributed by atoms with E-state index in [-0.39, 0.29) is 0 Å².